The number of carbonyl (C=O) groups is 1. The zero-order valence-electron chi connectivity index (χ0n) is 15.0. The van der Waals surface area contributed by atoms with Crippen molar-refractivity contribution < 1.29 is 13.2 Å². The van der Waals surface area contributed by atoms with Gasteiger partial charge in [-0.1, -0.05) is 18.2 Å². The lowest BCUT2D eigenvalue weighted by molar-refractivity contribution is 0.0897. The third-order valence-electron chi connectivity index (χ3n) is 4.75. The molecule has 1 saturated carbocycles. The molecule has 1 fully saturated rings. The summed E-state index contributed by atoms with van der Waals surface area (Å²) in [6.45, 7) is 2.32. The first-order chi connectivity index (χ1) is 12.3. The zero-order valence-corrected chi connectivity index (χ0v) is 16.6. The summed E-state index contributed by atoms with van der Waals surface area (Å²) in [5, 5.41) is 2.99. The molecule has 0 aliphatic heterocycles. The van der Waals surface area contributed by atoms with E-state index in [0.717, 1.165) is 12.8 Å². The standard InChI is InChI=1S/C19H23N3O3S.ClH/c1-19(13-20,15-9-10-15)21-18(23)14-7-11-17(12-8-14)26(24,25)22-16-5-3-2-4-6-16;/h2-8,11-12,15,22H,9-10,13,20H2,1H3,(H,21,23);1H. The van der Waals surface area contributed by atoms with Crippen molar-refractivity contribution in [1.29, 1.82) is 0 Å². The third kappa shape index (κ3) is 5.00. The van der Waals surface area contributed by atoms with Gasteiger partial charge in [0.2, 0.25) is 0 Å². The van der Waals surface area contributed by atoms with Crippen LogP contribution in [0.4, 0.5) is 5.69 Å². The highest BCUT2D eigenvalue weighted by Gasteiger charge is 2.41. The second-order valence-electron chi connectivity index (χ2n) is 6.85. The van der Waals surface area contributed by atoms with Gasteiger partial charge in [-0.05, 0) is 62.1 Å². The van der Waals surface area contributed by atoms with Crippen LogP contribution in [-0.2, 0) is 10.0 Å². The van der Waals surface area contributed by atoms with E-state index in [-0.39, 0.29) is 23.2 Å². The van der Waals surface area contributed by atoms with Crippen molar-refractivity contribution in [3.8, 4) is 0 Å². The largest absolute Gasteiger partial charge is 0.345 e. The second-order valence-corrected chi connectivity index (χ2v) is 8.53. The van der Waals surface area contributed by atoms with Gasteiger partial charge in [-0.3, -0.25) is 9.52 Å². The maximum absolute atomic E-state index is 12.5. The lowest BCUT2D eigenvalue weighted by Gasteiger charge is -2.29. The molecule has 0 saturated heterocycles. The summed E-state index contributed by atoms with van der Waals surface area (Å²) in [6, 6.07) is 14.5. The van der Waals surface area contributed by atoms with Crippen molar-refractivity contribution in [2.24, 2.45) is 11.7 Å². The maximum atomic E-state index is 12.5. The topological polar surface area (TPSA) is 101 Å². The molecular weight excluding hydrogens is 386 g/mol. The second kappa shape index (κ2) is 8.29. The van der Waals surface area contributed by atoms with Gasteiger partial charge >= 0.3 is 0 Å². The van der Waals surface area contributed by atoms with E-state index in [2.05, 4.69) is 10.0 Å². The Kier molecular flexibility index (Phi) is 6.51. The van der Waals surface area contributed by atoms with Crippen LogP contribution in [0.15, 0.2) is 59.5 Å². The van der Waals surface area contributed by atoms with Crippen molar-refractivity contribution in [2.45, 2.75) is 30.2 Å². The van der Waals surface area contributed by atoms with Gasteiger partial charge in [0.1, 0.15) is 0 Å². The van der Waals surface area contributed by atoms with E-state index in [9.17, 15) is 13.2 Å². The average Bonchev–Trinajstić information content (AvgIpc) is 3.48. The van der Waals surface area contributed by atoms with E-state index in [0.29, 0.717) is 23.7 Å². The van der Waals surface area contributed by atoms with Gasteiger partial charge in [-0.2, -0.15) is 0 Å². The molecule has 27 heavy (non-hydrogen) atoms. The molecule has 0 heterocycles. The van der Waals surface area contributed by atoms with E-state index in [1.54, 1.807) is 24.3 Å². The van der Waals surface area contributed by atoms with Crippen molar-refractivity contribution in [2.75, 3.05) is 11.3 Å². The molecule has 4 N–H and O–H groups in total. The van der Waals surface area contributed by atoms with Gasteiger partial charge in [-0.15, -0.1) is 12.4 Å². The summed E-state index contributed by atoms with van der Waals surface area (Å²) >= 11 is 0. The minimum atomic E-state index is -3.70. The number of carbonyl (C=O) groups excluding carboxylic acids is 1. The molecule has 1 unspecified atom stereocenters. The molecular formula is C19H24ClN3O3S. The van der Waals surface area contributed by atoms with Crippen molar-refractivity contribution in [3.05, 3.63) is 60.2 Å². The number of benzene rings is 2. The Bertz CT molecular complexity index is 884. The average molecular weight is 410 g/mol. The molecule has 0 aromatic heterocycles. The number of nitrogens with one attached hydrogen (secondary N) is 2. The SMILES string of the molecule is CC(CN)(NC(=O)c1ccc(S(=O)(=O)Nc2ccccc2)cc1)C1CC1.Cl. The monoisotopic (exact) mass is 409 g/mol. The summed E-state index contributed by atoms with van der Waals surface area (Å²) in [5.74, 6) is 0.163. The number of rotatable bonds is 7. The quantitative estimate of drug-likeness (QED) is 0.654. The van der Waals surface area contributed by atoms with Crippen LogP contribution in [0, 0.1) is 5.92 Å². The summed E-state index contributed by atoms with van der Waals surface area (Å²) in [7, 11) is -3.70. The summed E-state index contributed by atoms with van der Waals surface area (Å²) in [5.41, 5.74) is 6.30. The first-order valence-corrected chi connectivity index (χ1v) is 10.0. The minimum absolute atomic E-state index is 0. The Morgan fingerprint density at radius 2 is 1.70 bits per heavy atom. The van der Waals surface area contributed by atoms with Crippen molar-refractivity contribution >= 4 is 34.0 Å². The number of hydrogen-bond donors (Lipinski definition) is 3. The van der Waals surface area contributed by atoms with Crippen LogP contribution < -0.4 is 15.8 Å². The fraction of sp³-hybridized carbons (Fsp3) is 0.316. The summed E-state index contributed by atoms with van der Waals surface area (Å²) in [4.78, 5) is 12.6. The molecule has 0 radical (unpaired) electrons. The number of halogens is 1. The highest BCUT2D eigenvalue weighted by atomic mass is 35.5. The fourth-order valence-electron chi connectivity index (χ4n) is 2.88. The van der Waals surface area contributed by atoms with Gasteiger partial charge < -0.3 is 11.1 Å². The van der Waals surface area contributed by atoms with E-state index < -0.39 is 15.6 Å². The predicted molar refractivity (Wildman–Crippen MR) is 109 cm³/mol. The number of para-hydroxylation sites is 1. The van der Waals surface area contributed by atoms with Gasteiger partial charge in [0.25, 0.3) is 15.9 Å². The Hall–Kier alpha value is -2.09. The molecule has 0 spiro atoms. The minimum Gasteiger partial charge on any atom is -0.345 e. The van der Waals surface area contributed by atoms with E-state index in [1.165, 1.54) is 24.3 Å². The summed E-state index contributed by atoms with van der Waals surface area (Å²) < 4.78 is 27.4. The Labute approximate surface area is 166 Å². The van der Waals surface area contributed by atoms with Gasteiger partial charge in [0.15, 0.2) is 0 Å². The molecule has 2 aromatic carbocycles. The third-order valence-corrected chi connectivity index (χ3v) is 6.15. The first kappa shape index (κ1) is 21.2. The normalized spacial score (nSPS) is 15.9. The smallest absolute Gasteiger partial charge is 0.261 e. The number of sulfonamides is 1. The fourth-order valence-corrected chi connectivity index (χ4v) is 3.94. The highest BCUT2D eigenvalue weighted by molar-refractivity contribution is 7.92. The van der Waals surface area contributed by atoms with Crippen LogP contribution in [0.2, 0.25) is 0 Å². The van der Waals surface area contributed by atoms with Gasteiger partial charge in [-0.25, -0.2) is 8.42 Å². The number of hydrogen-bond acceptors (Lipinski definition) is 4. The molecule has 1 aliphatic carbocycles. The lowest BCUT2D eigenvalue weighted by Crippen LogP contribution is -2.53. The predicted octanol–water partition coefficient (Wildman–Crippen LogP) is 2.77. The number of anilines is 1. The van der Waals surface area contributed by atoms with Crippen LogP contribution in [0.1, 0.15) is 30.1 Å². The van der Waals surface area contributed by atoms with Crippen LogP contribution in [-0.4, -0.2) is 26.4 Å². The van der Waals surface area contributed by atoms with E-state index in [1.807, 2.05) is 13.0 Å². The van der Waals surface area contributed by atoms with Crippen LogP contribution in [0.3, 0.4) is 0 Å². The molecule has 2 aromatic rings. The zero-order chi connectivity index (χ0) is 18.8. The molecule has 0 bridgehead atoms. The van der Waals surface area contributed by atoms with Crippen LogP contribution >= 0.6 is 12.4 Å². The number of nitrogens with two attached hydrogens (primary N) is 1. The molecule has 1 amide bonds. The molecule has 3 rings (SSSR count). The Balaban J connectivity index is 0.00000261. The van der Waals surface area contributed by atoms with Crippen LogP contribution in [0.25, 0.3) is 0 Å². The Morgan fingerprint density at radius 3 is 2.22 bits per heavy atom. The highest BCUT2D eigenvalue weighted by Crippen LogP contribution is 2.39. The Morgan fingerprint density at radius 1 is 1.11 bits per heavy atom. The number of amides is 1. The van der Waals surface area contributed by atoms with Gasteiger partial charge in [0.05, 0.1) is 10.4 Å². The first-order valence-electron chi connectivity index (χ1n) is 8.54. The van der Waals surface area contributed by atoms with E-state index >= 15 is 0 Å². The van der Waals surface area contributed by atoms with Crippen molar-refractivity contribution in [3.63, 3.8) is 0 Å². The van der Waals surface area contributed by atoms with Crippen molar-refractivity contribution in [1.82, 2.24) is 5.32 Å². The molecule has 1 aliphatic rings. The summed E-state index contributed by atoms with van der Waals surface area (Å²) in [6.07, 6.45) is 2.13. The molecule has 1 atom stereocenters. The van der Waals surface area contributed by atoms with Gasteiger partial charge in [0, 0.05) is 17.8 Å². The lowest BCUT2D eigenvalue weighted by atomic mass is 9.95. The molecule has 6 nitrogen and oxygen atoms in total. The molecule has 8 heteroatoms. The molecule has 146 valence electrons. The maximum Gasteiger partial charge on any atom is 0.261 e. The van der Waals surface area contributed by atoms with Crippen LogP contribution in [0.5, 0.6) is 0 Å². The van der Waals surface area contributed by atoms with E-state index in [4.69, 9.17) is 5.73 Å².